The molecule has 1 saturated heterocycles. The number of nitrogens with zero attached hydrogens (tertiary/aromatic N) is 7. The lowest BCUT2D eigenvalue weighted by atomic mass is 10.0. The molecule has 4 heterocycles. The number of carbonyl (C=O) groups excluding carboxylic acids is 1. The molecule has 3 aromatic heterocycles. The van der Waals surface area contributed by atoms with Gasteiger partial charge in [-0.05, 0) is 51.8 Å². The highest BCUT2D eigenvalue weighted by atomic mass is 35.5. The summed E-state index contributed by atoms with van der Waals surface area (Å²) >= 11 is 18.7. The highest BCUT2D eigenvalue weighted by Crippen LogP contribution is 2.32. The fraction of sp³-hybridized carbons (Fsp3) is 0.444. The molecular weight excluding hydrogens is 575 g/mol. The van der Waals surface area contributed by atoms with E-state index in [1.165, 1.54) is 0 Å². The van der Waals surface area contributed by atoms with Crippen molar-refractivity contribution in [2.24, 2.45) is 7.05 Å². The normalized spacial score (nSPS) is 18.1. The number of pyridine rings is 1. The summed E-state index contributed by atoms with van der Waals surface area (Å²) in [7, 11) is 1.81. The standard InChI is InChI=1S/C27H31Cl3N8O2/c1-14-10-36(23(39)7-6-20-16(3)24-17(4)33-35(5)26(24)31-27(20)40)11-15(2)37(14)12-19-13-38(34-32-19)25-21(29)8-18(28)9-22(25)30/h8-9,13-15H,6-7,10-12H2,1-5H3,(H,31,40)/t14-,15+. The third-order valence-corrected chi connectivity index (χ3v) is 8.49. The maximum atomic E-state index is 13.3. The quantitative estimate of drug-likeness (QED) is 0.348. The summed E-state index contributed by atoms with van der Waals surface area (Å²) in [6.07, 6.45) is 2.45. The number of rotatable bonds is 6. The van der Waals surface area contributed by atoms with Crippen LogP contribution in [0.3, 0.4) is 0 Å². The molecular formula is C27H31Cl3N8O2. The maximum absolute atomic E-state index is 13.3. The monoisotopic (exact) mass is 604 g/mol. The molecule has 1 amide bonds. The zero-order chi connectivity index (χ0) is 28.9. The van der Waals surface area contributed by atoms with E-state index in [1.807, 2.05) is 25.8 Å². The van der Waals surface area contributed by atoms with Crippen molar-refractivity contribution in [2.75, 3.05) is 13.1 Å². The zero-order valence-corrected chi connectivity index (χ0v) is 25.3. The molecule has 10 nitrogen and oxygen atoms in total. The van der Waals surface area contributed by atoms with Gasteiger partial charge in [0, 0.05) is 61.2 Å². The van der Waals surface area contributed by atoms with Crippen molar-refractivity contribution >= 4 is 51.7 Å². The average molecular weight is 606 g/mol. The third-order valence-electron chi connectivity index (χ3n) is 7.70. The maximum Gasteiger partial charge on any atom is 0.253 e. The molecule has 0 spiro atoms. The van der Waals surface area contributed by atoms with E-state index in [-0.39, 0.29) is 30.0 Å². The summed E-state index contributed by atoms with van der Waals surface area (Å²) < 4.78 is 3.23. The van der Waals surface area contributed by atoms with Crippen molar-refractivity contribution in [1.82, 2.24) is 39.6 Å². The Hall–Kier alpha value is -2.92. The average Bonchev–Trinajstić information content (AvgIpc) is 3.43. The fourth-order valence-electron chi connectivity index (χ4n) is 5.74. The van der Waals surface area contributed by atoms with Crippen molar-refractivity contribution in [3.8, 4) is 5.69 Å². The van der Waals surface area contributed by atoms with Gasteiger partial charge in [0.05, 0.1) is 27.6 Å². The number of hydrogen-bond acceptors (Lipinski definition) is 6. The van der Waals surface area contributed by atoms with Gasteiger partial charge in [-0.3, -0.25) is 19.2 Å². The van der Waals surface area contributed by atoms with Crippen LogP contribution in [0.5, 0.6) is 0 Å². The topological polar surface area (TPSA) is 105 Å². The Bertz CT molecular complexity index is 1620. The van der Waals surface area contributed by atoms with Crippen LogP contribution in [0.4, 0.5) is 0 Å². The number of benzene rings is 1. The molecule has 0 radical (unpaired) electrons. The summed E-state index contributed by atoms with van der Waals surface area (Å²) in [5.74, 6) is 0.0399. The SMILES string of the molecule is Cc1nn(C)c2[nH]c(=O)c(CCC(=O)N3C[C@@H](C)N(Cc4cn(-c5c(Cl)cc(Cl)cc5Cl)nn4)[C@@H](C)C3)c(C)c12. The van der Waals surface area contributed by atoms with Gasteiger partial charge >= 0.3 is 0 Å². The van der Waals surface area contributed by atoms with Gasteiger partial charge in [-0.15, -0.1) is 5.10 Å². The molecule has 0 aliphatic carbocycles. The molecule has 5 rings (SSSR count). The van der Waals surface area contributed by atoms with Crippen LogP contribution in [0.25, 0.3) is 16.7 Å². The first-order chi connectivity index (χ1) is 18.9. The smallest absolute Gasteiger partial charge is 0.253 e. The Morgan fingerprint density at radius 1 is 1.10 bits per heavy atom. The van der Waals surface area contributed by atoms with Crippen LogP contribution < -0.4 is 5.56 Å². The molecule has 0 unspecified atom stereocenters. The van der Waals surface area contributed by atoms with Crippen LogP contribution in [0.1, 0.15) is 42.8 Å². The lowest BCUT2D eigenvalue weighted by Gasteiger charge is -2.44. The minimum Gasteiger partial charge on any atom is -0.340 e. The van der Waals surface area contributed by atoms with E-state index in [9.17, 15) is 9.59 Å². The molecule has 1 aliphatic rings. The lowest BCUT2D eigenvalue weighted by Crippen LogP contribution is -2.57. The number of H-pyrrole nitrogens is 1. The van der Waals surface area contributed by atoms with Gasteiger partial charge in [0.25, 0.3) is 5.56 Å². The molecule has 212 valence electrons. The number of fused-ring (bicyclic) bond motifs is 1. The van der Waals surface area contributed by atoms with E-state index in [2.05, 4.69) is 39.1 Å². The minimum atomic E-state index is -0.165. The fourth-order valence-corrected chi connectivity index (χ4v) is 6.73. The molecule has 1 fully saturated rings. The van der Waals surface area contributed by atoms with Gasteiger partial charge in [-0.2, -0.15) is 5.10 Å². The van der Waals surface area contributed by atoms with E-state index < -0.39 is 0 Å². The highest BCUT2D eigenvalue weighted by Gasteiger charge is 2.32. The summed E-state index contributed by atoms with van der Waals surface area (Å²) in [6.45, 7) is 9.78. The second-order valence-electron chi connectivity index (χ2n) is 10.5. The molecule has 0 saturated carbocycles. The highest BCUT2D eigenvalue weighted by molar-refractivity contribution is 6.40. The van der Waals surface area contributed by atoms with E-state index >= 15 is 0 Å². The summed E-state index contributed by atoms with van der Waals surface area (Å²) in [6, 6.07) is 3.42. The van der Waals surface area contributed by atoms with Crippen LogP contribution in [-0.2, 0) is 24.8 Å². The number of hydrogen-bond donors (Lipinski definition) is 1. The number of aryl methyl sites for hydroxylation is 3. The molecule has 0 bridgehead atoms. The third kappa shape index (κ3) is 5.37. The molecule has 4 aromatic rings. The Morgan fingerprint density at radius 3 is 2.40 bits per heavy atom. The molecule has 2 atom stereocenters. The van der Waals surface area contributed by atoms with Gasteiger partial charge in [-0.1, -0.05) is 40.0 Å². The number of aromatic nitrogens is 6. The van der Waals surface area contributed by atoms with Gasteiger partial charge in [0.15, 0.2) is 0 Å². The van der Waals surface area contributed by atoms with Crippen LogP contribution in [0, 0.1) is 13.8 Å². The van der Waals surface area contributed by atoms with Crippen LogP contribution in [-0.4, -0.2) is 70.6 Å². The molecule has 1 aromatic carbocycles. The van der Waals surface area contributed by atoms with E-state index in [0.29, 0.717) is 58.0 Å². The lowest BCUT2D eigenvalue weighted by molar-refractivity contribution is -0.135. The number of halogens is 3. The number of nitrogens with one attached hydrogen (secondary N) is 1. The van der Waals surface area contributed by atoms with Gasteiger partial charge in [0.2, 0.25) is 5.91 Å². The first-order valence-corrected chi connectivity index (χ1v) is 14.2. The van der Waals surface area contributed by atoms with Gasteiger partial charge in [-0.25, -0.2) is 4.68 Å². The molecule has 13 heteroatoms. The second-order valence-corrected chi connectivity index (χ2v) is 11.8. The predicted molar refractivity (Wildman–Crippen MR) is 157 cm³/mol. The number of aromatic amines is 1. The predicted octanol–water partition coefficient (Wildman–Crippen LogP) is 4.47. The van der Waals surface area contributed by atoms with Gasteiger partial charge in [0.1, 0.15) is 11.3 Å². The summed E-state index contributed by atoms with van der Waals surface area (Å²) in [4.78, 5) is 33.2. The summed E-state index contributed by atoms with van der Waals surface area (Å²) in [5.41, 5.74) is 4.21. The zero-order valence-electron chi connectivity index (χ0n) is 23.0. The molecule has 1 N–H and O–H groups in total. The van der Waals surface area contributed by atoms with Crippen molar-refractivity contribution in [3.63, 3.8) is 0 Å². The van der Waals surface area contributed by atoms with Crippen molar-refractivity contribution in [1.29, 1.82) is 0 Å². The first kappa shape index (κ1) is 28.6. The van der Waals surface area contributed by atoms with Gasteiger partial charge < -0.3 is 9.88 Å². The van der Waals surface area contributed by atoms with Crippen molar-refractivity contribution in [2.45, 2.75) is 59.2 Å². The number of amides is 1. The Balaban J connectivity index is 1.24. The molecule has 1 aliphatic heterocycles. The van der Waals surface area contributed by atoms with E-state index in [0.717, 1.165) is 22.3 Å². The number of carbonyl (C=O) groups is 1. The first-order valence-electron chi connectivity index (χ1n) is 13.1. The Morgan fingerprint density at radius 2 is 1.75 bits per heavy atom. The van der Waals surface area contributed by atoms with E-state index in [1.54, 1.807) is 27.7 Å². The number of piperazine rings is 1. The Labute approximate surface area is 246 Å². The summed E-state index contributed by atoms with van der Waals surface area (Å²) in [5, 5.41) is 15.1. The van der Waals surface area contributed by atoms with Crippen molar-refractivity contribution in [3.05, 3.63) is 66.3 Å². The van der Waals surface area contributed by atoms with Crippen LogP contribution in [0.15, 0.2) is 23.1 Å². The van der Waals surface area contributed by atoms with Crippen LogP contribution >= 0.6 is 34.8 Å². The van der Waals surface area contributed by atoms with E-state index in [4.69, 9.17) is 34.8 Å². The minimum absolute atomic E-state index is 0.0399. The Kier molecular flexibility index (Phi) is 7.98. The van der Waals surface area contributed by atoms with Crippen molar-refractivity contribution < 1.29 is 4.79 Å². The molecule has 40 heavy (non-hydrogen) atoms. The largest absolute Gasteiger partial charge is 0.340 e. The van der Waals surface area contributed by atoms with Crippen LogP contribution in [0.2, 0.25) is 15.1 Å². The second kappa shape index (κ2) is 11.2.